The SMILES string of the molecule is CCCCN(CC)C(=O)C(=O)C(C)C. The summed E-state index contributed by atoms with van der Waals surface area (Å²) in [4.78, 5) is 24.6. The molecule has 0 bridgehead atoms. The molecule has 0 aromatic heterocycles. The molecule has 0 N–H and O–H groups in total. The van der Waals surface area contributed by atoms with Crippen LogP contribution in [0, 0.1) is 5.92 Å². The van der Waals surface area contributed by atoms with Gasteiger partial charge in [-0.2, -0.15) is 0 Å². The lowest BCUT2D eigenvalue weighted by molar-refractivity contribution is -0.146. The van der Waals surface area contributed by atoms with E-state index in [2.05, 4.69) is 6.92 Å². The number of Topliss-reactive ketones (excluding diaryl/α,β-unsaturated/α-hetero) is 1. The van der Waals surface area contributed by atoms with Crippen molar-refractivity contribution in [2.24, 2.45) is 5.92 Å². The molecule has 82 valence electrons. The van der Waals surface area contributed by atoms with Gasteiger partial charge in [0.15, 0.2) is 0 Å². The van der Waals surface area contributed by atoms with Crippen molar-refractivity contribution in [1.29, 1.82) is 0 Å². The molecule has 0 aromatic rings. The zero-order valence-corrected chi connectivity index (χ0v) is 9.67. The Balaban J connectivity index is 4.23. The summed E-state index contributed by atoms with van der Waals surface area (Å²) >= 11 is 0. The number of amides is 1. The molecule has 3 heteroatoms. The third-order valence-corrected chi connectivity index (χ3v) is 2.19. The highest BCUT2D eigenvalue weighted by atomic mass is 16.2. The first kappa shape index (κ1) is 13.1. The molecule has 0 atom stereocenters. The third-order valence-electron chi connectivity index (χ3n) is 2.19. The van der Waals surface area contributed by atoms with Crippen LogP contribution in [0.4, 0.5) is 0 Å². The smallest absolute Gasteiger partial charge is 0.290 e. The fraction of sp³-hybridized carbons (Fsp3) is 0.818. The second-order valence-electron chi connectivity index (χ2n) is 3.76. The van der Waals surface area contributed by atoms with Gasteiger partial charge in [0.1, 0.15) is 0 Å². The van der Waals surface area contributed by atoms with Gasteiger partial charge < -0.3 is 4.90 Å². The normalized spacial score (nSPS) is 10.4. The molecule has 0 unspecified atom stereocenters. The monoisotopic (exact) mass is 199 g/mol. The number of hydrogen-bond donors (Lipinski definition) is 0. The number of likely N-dealkylation sites (N-methyl/N-ethyl adjacent to an activating group) is 1. The molecule has 14 heavy (non-hydrogen) atoms. The van der Waals surface area contributed by atoms with Crippen molar-refractivity contribution in [1.82, 2.24) is 4.90 Å². The van der Waals surface area contributed by atoms with Crippen molar-refractivity contribution in [2.45, 2.75) is 40.5 Å². The first-order valence-corrected chi connectivity index (χ1v) is 5.37. The highest BCUT2D eigenvalue weighted by molar-refractivity contribution is 6.36. The molecule has 0 aliphatic carbocycles. The number of unbranched alkanes of at least 4 members (excludes halogenated alkanes) is 1. The van der Waals surface area contributed by atoms with Crippen LogP contribution in [-0.2, 0) is 9.59 Å². The van der Waals surface area contributed by atoms with E-state index in [1.165, 1.54) is 0 Å². The van der Waals surface area contributed by atoms with Gasteiger partial charge in [-0.1, -0.05) is 27.2 Å². The van der Waals surface area contributed by atoms with E-state index in [4.69, 9.17) is 0 Å². The average molecular weight is 199 g/mol. The van der Waals surface area contributed by atoms with Crippen LogP contribution in [0.3, 0.4) is 0 Å². The lowest BCUT2D eigenvalue weighted by atomic mass is 10.1. The molecular weight excluding hydrogens is 178 g/mol. The van der Waals surface area contributed by atoms with Crippen molar-refractivity contribution >= 4 is 11.7 Å². The van der Waals surface area contributed by atoms with Crippen molar-refractivity contribution in [3.8, 4) is 0 Å². The van der Waals surface area contributed by atoms with Crippen LogP contribution < -0.4 is 0 Å². The average Bonchev–Trinajstić information content (AvgIpc) is 2.17. The van der Waals surface area contributed by atoms with Crippen molar-refractivity contribution in [3.05, 3.63) is 0 Å². The van der Waals surface area contributed by atoms with Gasteiger partial charge in [0.05, 0.1) is 0 Å². The van der Waals surface area contributed by atoms with Crippen LogP contribution in [0.25, 0.3) is 0 Å². The fourth-order valence-corrected chi connectivity index (χ4v) is 1.16. The largest absolute Gasteiger partial charge is 0.336 e. The van der Waals surface area contributed by atoms with Gasteiger partial charge in [0.2, 0.25) is 5.78 Å². The van der Waals surface area contributed by atoms with Crippen LogP contribution in [-0.4, -0.2) is 29.7 Å². The second kappa shape index (κ2) is 6.57. The van der Waals surface area contributed by atoms with E-state index in [0.717, 1.165) is 12.8 Å². The number of rotatable bonds is 6. The van der Waals surface area contributed by atoms with Gasteiger partial charge in [-0.15, -0.1) is 0 Å². The van der Waals surface area contributed by atoms with E-state index in [1.807, 2.05) is 6.92 Å². The van der Waals surface area contributed by atoms with Crippen LogP contribution in [0.1, 0.15) is 40.5 Å². The molecule has 0 saturated heterocycles. The van der Waals surface area contributed by atoms with Gasteiger partial charge in [0.25, 0.3) is 5.91 Å². The van der Waals surface area contributed by atoms with Crippen LogP contribution >= 0.6 is 0 Å². The van der Waals surface area contributed by atoms with Crippen LogP contribution in [0.5, 0.6) is 0 Å². The number of carbonyl (C=O) groups is 2. The summed E-state index contributed by atoms with van der Waals surface area (Å²) in [5.41, 5.74) is 0. The summed E-state index contributed by atoms with van der Waals surface area (Å²) in [5, 5.41) is 0. The van der Waals surface area contributed by atoms with E-state index < -0.39 is 0 Å². The quantitative estimate of drug-likeness (QED) is 0.612. The Bertz CT molecular complexity index is 199. The summed E-state index contributed by atoms with van der Waals surface area (Å²) in [5.74, 6) is -0.794. The number of nitrogens with zero attached hydrogens (tertiary/aromatic N) is 1. The predicted octanol–water partition coefficient (Wildman–Crippen LogP) is 1.86. The Morgan fingerprint density at radius 1 is 1.21 bits per heavy atom. The molecule has 0 radical (unpaired) electrons. The predicted molar refractivity (Wildman–Crippen MR) is 57.0 cm³/mol. The molecule has 0 aliphatic rings. The highest BCUT2D eigenvalue weighted by Crippen LogP contribution is 2.02. The first-order chi connectivity index (χ1) is 6.54. The molecule has 0 rings (SSSR count). The van der Waals surface area contributed by atoms with Crippen LogP contribution in [0.2, 0.25) is 0 Å². The maximum atomic E-state index is 11.6. The van der Waals surface area contributed by atoms with E-state index >= 15 is 0 Å². The summed E-state index contributed by atoms with van der Waals surface area (Å²) in [6.45, 7) is 8.81. The van der Waals surface area contributed by atoms with Crippen LogP contribution in [0.15, 0.2) is 0 Å². The first-order valence-electron chi connectivity index (χ1n) is 5.37. The minimum absolute atomic E-state index is 0.196. The summed E-state index contributed by atoms with van der Waals surface area (Å²) in [6.07, 6.45) is 2.00. The molecule has 1 amide bonds. The van der Waals surface area contributed by atoms with E-state index in [9.17, 15) is 9.59 Å². The highest BCUT2D eigenvalue weighted by Gasteiger charge is 2.22. The fourth-order valence-electron chi connectivity index (χ4n) is 1.16. The van der Waals surface area contributed by atoms with Gasteiger partial charge in [-0.25, -0.2) is 0 Å². The van der Waals surface area contributed by atoms with Gasteiger partial charge in [0, 0.05) is 19.0 Å². The van der Waals surface area contributed by atoms with Crippen molar-refractivity contribution in [2.75, 3.05) is 13.1 Å². The summed E-state index contributed by atoms with van der Waals surface area (Å²) in [7, 11) is 0. The summed E-state index contributed by atoms with van der Waals surface area (Å²) in [6, 6.07) is 0. The number of carbonyl (C=O) groups excluding carboxylic acids is 2. The molecular formula is C11H21NO2. The number of hydrogen-bond acceptors (Lipinski definition) is 2. The molecule has 0 saturated carbocycles. The van der Waals surface area contributed by atoms with Crippen molar-refractivity contribution < 1.29 is 9.59 Å². The Morgan fingerprint density at radius 3 is 2.14 bits per heavy atom. The standard InChI is InChI=1S/C11H21NO2/c1-5-7-8-12(6-2)11(14)10(13)9(3)4/h9H,5-8H2,1-4H3. The summed E-state index contributed by atoms with van der Waals surface area (Å²) < 4.78 is 0. The van der Waals surface area contributed by atoms with Gasteiger partial charge in [-0.3, -0.25) is 9.59 Å². The van der Waals surface area contributed by atoms with Gasteiger partial charge >= 0.3 is 0 Å². The van der Waals surface area contributed by atoms with Gasteiger partial charge in [-0.05, 0) is 13.3 Å². The maximum absolute atomic E-state index is 11.6. The molecule has 0 heterocycles. The molecule has 0 aromatic carbocycles. The topological polar surface area (TPSA) is 37.4 Å². The Labute approximate surface area is 86.5 Å². The molecule has 0 fully saturated rings. The van der Waals surface area contributed by atoms with E-state index in [1.54, 1.807) is 18.7 Å². The molecule has 0 aliphatic heterocycles. The Morgan fingerprint density at radius 2 is 1.79 bits per heavy atom. The van der Waals surface area contributed by atoms with E-state index in [0.29, 0.717) is 13.1 Å². The second-order valence-corrected chi connectivity index (χ2v) is 3.76. The van der Waals surface area contributed by atoms with Crippen molar-refractivity contribution in [3.63, 3.8) is 0 Å². The minimum Gasteiger partial charge on any atom is -0.336 e. The van der Waals surface area contributed by atoms with E-state index in [-0.39, 0.29) is 17.6 Å². The lowest BCUT2D eigenvalue weighted by Gasteiger charge is -2.20. The zero-order chi connectivity index (χ0) is 11.1. The molecule has 3 nitrogen and oxygen atoms in total. The maximum Gasteiger partial charge on any atom is 0.290 e. The Kier molecular flexibility index (Phi) is 6.17. The zero-order valence-electron chi connectivity index (χ0n) is 9.67. The lowest BCUT2D eigenvalue weighted by Crippen LogP contribution is -2.38. The Hall–Kier alpha value is -0.860. The number of ketones is 1. The molecule has 0 spiro atoms. The minimum atomic E-state index is -0.323. The third kappa shape index (κ3) is 3.90.